The Balaban J connectivity index is 2.47. The van der Waals surface area contributed by atoms with E-state index in [-0.39, 0.29) is 22.8 Å². The first-order valence-corrected chi connectivity index (χ1v) is 5.27. The van der Waals surface area contributed by atoms with E-state index in [4.69, 9.17) is 16.3 Å². The predicted molar refractivity (Wildman–Crippen MR) is 55.8 cm³/mol. The molecule has 1 aromatic carbocycles. The van der Waals surface area contributed by atoms with Crippen molar-refractivity contribution in [3.05, 3.63) is 28.3 Å². The lowest BCUT2D eigenvalue weighted by Gasteiger charge is -2.14. The van der Waals surface area contributed by atoms with Crippen LogP contribution in [0.1, 0.15) is 18.4 Å². The summed E-state index contributed by atoms with van der Waals surface area (Å²) in [6.45, 7) is 0. The van der Waals surface area contributed by atoms with Gasteiger partial charge in [-0.25, -0.2) is 8.78 Å². The molecule has 0 unspecified atom stereocenters. The van der Waals surface area contributed by atoms with Crippen LogP contribution in [0.2, 0.25) is 5.02 Å². The zero-order valence-corrected chi connectivity index (χ0v) is 9.44. The third kappa shape index (κ3) is 1.99. The average molecular weight is 249 g/mol. The highest BCUT2D eigenvalue weighted by atomic mass is 35.5. The highest BCUT2D eigenvalue weighted by Gasteiger charge is 2.42. The molecule has 16 heavy (non-hydrogen) atoms. The van der Waals surface area contributed by atoms with Crippen molar-refractivity contribution in [3.8, 4) is 5.75 Å². The second-order valence-electron chi connectivity index (χ2n) is 4.07. The second-order valence-corrected chi connectivity index (χ2v) is 4.47. The lowest BCUT2D eigenvalue weighted by atomic mass is 10.0. The number of aliphatic hydroxyl groups is 1. The molecule has 0 radical (unpaired) electrons. The Bertz CT molecular complexity index is 430. The summed E-state index contributed by atoms with van der Waals surface area (Å²) in [5.41, 5.74) is -0.918. The van der Waals surface area contributed by atoms with E-state index in [9.17, 15) is 13.9 Å². The van der Waals surface area contributed by atoms with Crippen LogP contribution in [0.15, 0.2) is 6.07 Å². The Kier molecular flexibility index (Phi) is 2.80. The molecule has 0 bridgehead atoms. The lowest BCUT2D eigenvalue weighted by Crippen LogP contribution is -2.14. The van der Waals surface area contributed by atoms with Crippen molar-refractivity contribution in [2.24, 2.45) is 0 Å². The Morgan fingerprint density at radius 3 is 2.62 bits per heavy atom. The van der Waals surface area contributed by atoms with E-state index in [1.807, 2.05) is 0 Å². The van der Waals surface area contributed by atoms with Crippen molar-refractivity contribution < 1.29 is 18.6 Å². The number of hydrogen-bond donors (Lipinski definition) is 1. The molecule has 0 heterocycles. The summed E-state index contributed by atoms with van der Waals surface area (Å²) >= 11 is 5.74. The summed E-state index contributed by atoms with van der Waals surface area (Å²) in [5.74, 6) is -1.92. The molecule has 1 aromatic rings. The maximum absolute atomic E-state index is 13.6. The van der Waals surface area contributed by atoms with Gasteiger partial charge in [-0.1, -0.05) is 11.6 Å². The molecule has 0 amide bonds. The third-order valence-electron chi connectivity index (χ3n) is 2.76. The standard InChI is InChI=1S/C11H11ClF2O2/c1-16-10-6(5-11(15)2-3-11)9(14)8(13)4-7(10)12/h4,15H,2-3,5H2,1H3. The fraction of sp³-hybridized carbons (Fsp3) is 0.455. The zero-order valence-electron chi connectivity index (χ0n) is 8.69. The molecule has 2 nitrogen and oxygen atoms in total. The molecule has 2 rings (SSSR count). The molecule has 5 heteroatoms. The summed E-state index contributed by atoms with van der Waals surface area (Å²) in [7, 11) is 1.33. The monoisotopic (exact) mass is 248 g/mol. The van der Waals surface area contributed by atoms with Crippen LogP contribution in [0.5, 0.6) is 5.75 Å². The Morgan fingerprint density at radius 2 is 2.12 bits per heavy atom. The van der Waals surface area contributed by atoms with Gasteiger partial charge in [-0.2, -0.15) is 0 Å². The van der Waals surface area contributed by atoms with Crippen molar-refractivity contribution in [1.29, 1.82) is 0 Å². The van der Waals surface area contributed by atoms with Gasteiger partial charge < -0.3 is 9.84 Å². The van der Waals surface area contributed by atoms with E-state index >= 15 is 0 Å². The normalized spacial score (nSPS) is 17.3. The molecule has 0 atom stereocenters. The maximum atomic E-state index is 13.6. The molecule has 0 aliphatic heterocycles. The van der Waals surface area contributed by atoms with Crippen molar-refractivity contribution in [3.63, 3.8) is 0 Å². The number of benzene rings is 1. The van der Waals surface area contributed by atoms with Crippen molar-refractivity contribution >= 4 is 11.6 Å². The van der Waals surface area contributed by atoms with Crippen LogP contribution in [0, 0.1) is 11.6 Å². The quantitative estimate of drug-likeness (QED) is 0.834. The summed E-state index contributed by atoms with van der Waals surface area (Å²) in [5, 5.41) is 9.74. The molecule has 1 aliphatic rings. The number of methoxy groups -OCH3 is 1. The van der Waals surface area contributed by atoms with Crippen LogP contribution >= 0.6 is 11.6 Å². The summed E-state index contributed by atoms with van der Waals surface area (Å²) in [6, 6.07) is 0.871. The first-order valence-electron chi connectivity index (χ1n) is 4.89. The van der Waals surface area contributed by atoms with E-state index in [1.165, 1.54) is 7.11 Å². The van der Waals surface area contributed by atoms with Crippen LogP contribution in [-0.2, 0) is 6.42 Å². The Hall–Kier alpha value is -0.870. The third-order valence-corrected chi connectivity index (χ3v) is 3.04. The molecule has 1 fully saturated rings. The fourth-order valence-corrected chi connectivity index (χ4v) is 1.94. The van der Waals surface area contributed by atoms with Gasteiger partial charge in [0.05, 0.1) is 17.7 Å². The molecule has 1 saturated carbocycles. The number of ether oxygens (including phenoxy) is 1. The van der Waals surface area contributed by atoms with Crippen LogP contribution in [0.25, 0.3) is 0 Å². The molecular weight excluding hydrogens is 238 g/mol. The van der Waals surface area contributed by atoms with Crippen molar-refractivity contribution in [1.82, 2.24) is 0 Å². The van der Waals surface area contributed by atoms with Crippen LogP contribution in [0.4, 0.5) is 8.78 Å². The van der Waals surface area contributed by atoms with Crippen LogP contribution in [-0.4, -0.2) is 17.8 Å². The molecule has 88 valence electrons. The first kappa shape index (κ1) is 11.6. The van der Waals surface area contributed by atoms with E-state index in [0.29, 0.717) is 12.8 Å². The lowest BCUT2D eigenvalue weighted by molar-refractivity contribution is 0.148. The largest absolute Gasteiger partial charge is 0.495 e. The van der Waals surface area contributed by atoms with Gasteiger partial charge in [-0.15, -0.1) is 0 Å². The predicted octanol–water partition coefficient (Wildman–Crippen LogP) is 2.69. The van der Waals surface area contributed by atoms with Gasteiger partial charge in [0.2, 0.25) is 0 Å². The minimum Gasteiger partial charge on any atom is -0.495 e. The minimum atomic E-state index is -1.02. The van der Waals surface area contributed by atoms with Gasteiger partial charge in [0, 0.05) is 12.0 Å². The average Bonchev–Trinajstić information content (AvgIpc) is 2.93. The maximum Gasteiger partial charge on any atom is 0.165 e. The SMILES string of the molecule is COc1c(Cl)cc(F)c(F)c1CC1(O)CC1. The van der Waals surface area contributed by atoms with Crippen LogP contribution < -0.4 is 4.74 Å². The van der Waals surface area contributed by atoms with E-state index < -0.39 is 17.2 Å². The number of halogens is 3. The van der Waals surface area contributed by atoms with Crippen LogP contribution in [0.3, 0.4) is 0 Å². The van der Waals surface area contributed by atoms with E-state index in [2.05, 4.69) is 0 Å². The summed E-state index contributed by atoms with van der Waals surface area (Å²) in [4.78, 5) is 0. The van der Waals surface area contributed by atoms with Gasteiger partial charge in [-0.3, -0.25) is 0 Å². The molecule has 1 aliphatic carbocycles. The summed E-state index contributed by atoms with van der Waals surface area (Å²) < 4.78 is 31.7. The Labute approximate surface area is 96.8 Å². The number of hydrogen-bond acceptors (Lipinski definition) is 2. The molecule has 0 aromatic heterocycles. The van der Waals surface area contributed by atoms with E-state index in [1.54, 1.807) is 0 Å². The molecule has 0 spiro atoms. The smallest absolute Gasteiger partial charge is 0.165 e. The fourth-order valence-electron chi connectivity index (χ4n) is 1.66. The Morgan fingerprint density at radius 1 is 1.50 bits per heavy atom. The summed E-state index contributed by atoms with van der Waals surface area (Å²) in [6.07, 6.45) is 1.20. The first-order chi connectivity index (χ1) is 7.47. The van der Waals surface area contributed by atoms with Gasteiger partial charge in [0.25, 0.3) is 0 Å². The molecule has 1 N–H and O–H groups in total. The topological polar surface area (TPSA) is 29.5 Å². The van der Waals surface area contributed by atoms with Gasteiger partial charge in [0.15, 0.2) is 11.6 Å². The van der Waals surface area contributed by atoms with Crippen molar-refractivity contribution in [2.45, 2.75) is 24.9 Å². The highest BCUT2D eigenvalue weighted by molar-refractivity contribution is 6.32. The molecule has 0 saturated heterocycles. The van der Waals surface area contributed by atoms with Gasteiger partial charge in [0.1, 0.15) is 5.75 Å². The zero-order chi connectivity index (χ0) is 11.9. The minimum absolute atomic E-state index is 0.00694. The van der Waals surface area contributed by atoms with Crippen molar-refractivity contribution in [2.75, 3.05) is 7.11 Å². The second kappa shape index (κ2) is 3.86. The van der Waals surface area contributed by atoms with E-state index in [0.717, 1.165) is 6.07 Å². The van der Waals surface area contributed by atoms with Gasteiger partial charge in [-0.05, 0) is 18.9 Å². The van der Waals surface area contributed by atoms with Gasteiger partial charge >= 0.3 is 0 Å². The highest BCUT2D eigenvalue weighted by Crippen LogP contribution is 2.42. The number of rotatable bonds is 3. The molecular formula is C11H11ClF2O2.